The van der Waals surface area contributed by atoms with Gasteiger partial charge in [0.1, 0.15) is 5.82 Å². The van der Waals surface area contributed by atoms with Crippen molar-refractivity contribution in [1.82, 2.24) is 24.8 Å². The van der Waals surface area contributed by atoms with Gasteiger partial charge in [-0.2, -0.15) is 13.2 Å². The molecule has 3 heterocycles. The van der Waals surface area contributed by atoms with Gasteiger partial charge in [0, 0.05) is 43.4 Å². The average Bonchev–Trinajstić information content (AvgIpc) is 2.83. The normalized spacial score (nSPS) is 18.6. The molecule has 1 aliphatic rings. The Bertz CT molecular complexity index is 1140. The number of hydrogen-bond donors (Lipinski definition) is 1. The van der Waals surface area contributed by atoms with Crippen LogP contribution in [-0.4, -0.2) is 49.9 Å². The second-order valence-corrected chi connectivity index (χ2v) is 8.09. The number of alkyl halides is 3. The van der Waals surface area contributed by atoms with Gasteiger partial charge in [0.15, 0.2) is 5.82 Å². The molecule has 0 unspecified atom stereocenters. The number of hydrogen-bond acceptors (Lipinski definition) is 6. The van der Waals surface area contributed by atoms with Gasteiger partial charge < -0.3 is 10.2 Å². The third-order valence-corrected chi connectivity index (χ3v) is 5.86. The summed E-state index contributed by atoms with van der Waals surface area (Å²) >= 11 is 0. The summed E-state index contributed by atoms with van der Waals surface area (Å²) in [5.74, 6) is -0.855. The van der Waals surface area contributed by atoms with Crippen molar-refractivity contribution in [3.05, 3.63) is 66.0 Å². The molecule has 11 heteroatoms. The van der Waals surface area contributed by atoms with Crippen LogP contribution in [0, 0.1) is 11.7 Å². The number of carbonyl (C=O) groups is 1. The summed E-state index contributed by atoms with van der Waals surface area (Å²) < 4.78 is 53.2. The van der Waals surface area contributed by atoms with Crippen LogP contribution < -0.4 is 5.32 Å². The minimum Gasteiger partial charge on any atom is -0.352 e. The van der Waals surface area contributed by atoms with Crippen molar-refractivity contribution in [2.24, 2.45) is 5.92 Å². The molecule has 0 radical (unpaired) electrons. The van der Waals surface area contributed by atoms with Crippen LogP contribution in [0.4, 0.5) is 23.5 Å². The maximum absolute atomic E-state index is 14.9. The van der Waals surface area contributed by atoms with E-state index in [1.807, 2.05) is 6.92 Å². The SMILES string of the molecule is C[C@@H]1CCCN(C(=O)c2c(F)cccc2-c2ncccn2)[C@@H]1CNc1ncc(C(F)(F)F)cn1. The number of likely N-dealkylation sites (tertiary alicyclic amines) is 1. The number of rotatable bonds is 5. The summed E-state index contributed by atoms with van der Waals surface area (Å²) in [7, 11) is 0. The molecule has 0 bridgehead atoms. The summed E-state index contributed by atoms with van der Waals surface area (Å²) in [6, 6.07) is 5.59. The van der Waals surface area contributed by atoms with Crippen molar-refractivity contribution >= 4 is 11.9 Å². The Morgan fingerprint density at radius 1 is 1.12 bits per heavy atom. The van der Waals surface area contributed by atoms with Crippen LogP contribution in [0.5, 0.6) is 0 Å². The van der Waals surface area contributed by atoms with E-state index >= 15 is 0 Å². The van der Waals surface area contributed by atoms with Crippen LogP contribution in [0.1, 0.15) is 35.7 Å². The predicted octanol–water partition coefficient (Wildman–Crippen LogP) is 4.44. The number of benzene rings is 1. The van der Waals surface area contributed by atoms with E-state index < -0.39 is 23.5 Å². The highest BCUT2D eigenvalue weighted by molar-refractivity contribution is 6.00. The number of halogens is 4. The third kappa shape index (κ3) is 4.97. The van der Waals surface area contributed by atoms with Crippen LogP contribution in [0.15, 0.2) is 49.1 Å². The molecular weight excluding hydrogens is 452 g/mol. The lowest BCUT2D eigenvalue weighted by atomic mass is 9.89. The zero-order valence-electron chi connectivity index (χ0n) is 18.3. The molecule has 1 saturated heterocycles. The van der Waals surface area contributed by atoms with Crippen LogP contribution in [0.3, 0.4) is 0 Å². The Kier molecular flexibility index (Phi) is 6.71. The molecule has 0 aliphatic carbocycles. The van der Waals surface area contributed by atoms with E-state index in [0.29, 0.717) is 24.5 Å². The Morgan fingerprint density at radius 3 is 2.50 bits per heavy atom. The van der Waals surface area contributed by atoms with Gasteiger partial charge in [-0.1, -0.05) is 19.1 Å². The van der Waals surface area contributed by atoms with Crippen molar-refractivity contribution in [3.8, 4) is 11.4 Å². The van der Waals surface area contributed by atoms with Gasteiger partial charge in [0.25, 0.3) is 5.91 Å². The first-order valence-electron chi connectivity index (χ1n) is 10.8. The number of aromatic nitrogens is 4. The zero-order valence-corrected chi connectivity index (χ0v) is 18.3. The topological polar surface area (TPSA) is 83.9 Å². The number of piperidine rings is 1. The standard InChI is InChI=1S/C23H22F4N6O/c1-14-5-3-10-33(18(14)13-32-22-30-11-15(12-31-22)23(25,26)27)21(34)19-16(6-2-7-17(19)24)20-28-8-4-9-29-20/h2,4,6-9,11-12,14,18H,3,5,10,13H2,1H3,(H,30,31,32)/t14-,18-/m1/s1. The van der Waals surface area contributed by atoms with Crippen molar-refractivity contribution in [2.45, 2.75) is 32.0 Å². The first kappa shape index (κ1) is 23.5. The molecule has 1 amide bonds. The highest BCUT2D eigenvalue weighted by Gasteiger charge is 2.35. The van der Waals surface area contributed by atoms with Crippen LogP contribution >= 0.6 is 0 Å². The summed E-state index contributed by atoms with van der Waals surface area (Å²) in [6.45, 7) is 2.58. The maximum Gasteiger partial charge on any atom is 0.419 e. The highest BCUT2D eigenvalue weighted by atomic mass is 19.4. The Morgan fingerprint density at radius 2 is 1.82 bits per heavy atom. The molecule has 34 heavy (non-hydrogen) atoms. The van der Waals surface area contributed by atoms with E-state index in [1.165, 1.54) is 24.5 Å². The van der Waals surface area contributed by atoms with Gasteiger partial charge >= 0.3 is 6.18 Å². The second kappa shape index (κ2) is 9.70. The molecule has 4 rings (SSSR count). The van der Waals surface area contributed by atoms with E-state index in [1.54, 1.807) is 17.0 Å². The van der Waals surface area contributed by atoms with Crippen LogP contribution in [0.2, 0.25) is 0 Å². The molecule has 7 nitrogen and oxygen atoms in total. The molecule has 3 aromatic rings. The maximum atomic E-state index is 14.9. The van der Waals surface area contributed by atoms with Gasteiger partial charge in [0.2, 0.25) is 5.95 Å². The largest absolute Gasteiger partial charge is 0.419 e. The molecule has 1 aromatic carbocycles. The summed E-state index contributed by atoms with van der Waals surface area (Å²) in [5.41, 5.74) is -0.767. The quantitative estimate of drug-likeness (QED) is 0.551. The van der Waals surface area contributed by atoms with E-state index in [0.717, 1.165) is 12.8 Å². The number of nitrogens with one attached hydrogen (secondary N) is 1. The predicted molar refractivity (Wildman–Crippen MR) is 116 cm³/mol. The lowest BCUT2D eigenvalue weighted by molar-refractivity contribution is -0.138. The van der Waals surface area contributed by atoms with E-state index in [4.69, 9.17) is 0 Å². The first-order valence-corrected chi connectivity index (χ1v) is 10.8. The molecule has 2 aromatic heterocycles. The highest BCUT2D eigenvalue weighted by Crippen LogP contribution is 2.30. The lowest BCUT2D eigenvalue weighted by Gasteiger charge is -2.40. The zero-order chi connectivity index (χ0) is 24.3. The monoisotopic (exact) mass is 474 g/mol. The van der Waals surface area contributed by atoms with Crippen LogP contribution in [0.25, 0.3) is 11.4 Å². The number of anilines is 1. The number of carbonyl (C=O) groups excluding carboxylic acids is 1. The summed E-state index contributed by atoms with van der Waals surface area (Å²) in [5, 5.41) is 2.92. The molecule has 0 saturated carbocycles. The smallest absolute Gasteiger partial charge is 0.352 e. The Balaban J connectivity index is 1.58. The van der Waals surface area contributed by atoms with Crippen molar-refractivity contribution in [3.63, 3.8) is 0 Å². The Labute approximate surface area is 193 Å². The molecule has 0 spiro atoms. The first-order chi connectivity index (χ1) is 16.3. The lowest BCUT2D eigenvalue weighted by Crippen LogP contribution is -2.51. The van der Waals surface area contributed by atoms with Gasteiger partial charge in [-0.25, -0.2) is 24.3 Å². The molecule has 1 aliphatic heterocycles. The number of amides is 1. The van der Waals surface area contributed by atoms with Gasteiger partial charge in [-0.05, 0) is 30.9 Å². The van der Waals surface area contributed by atoms with E-state index in [9.17, 15) is 22.4 Å². The fourth-order valence-electron chi connectivity index (χ4n) is 4.08. The van der Waals surface area contributed by atoms with E-state index in [2.05, 4.69) is 25.3 Å². The van der Waals surface area contributed by atoms with Crippen molar-refractivity contribution in [2.75, 3.05) is 18.4 Å². The third-order valence-electron chi connectivity index (χ3n) is 5.86. The molecule has 1 fully saturated rings. The minimum absolute atomic E-state index is 0.0161. The van der Waals surface area contributed by atoms with Gasteiger partial charge in [-0.15, -0.1) is 0 Å². The molecular formula is C23H22F4N6O. The van der Waals surface area contributed by atoms with Gasteiger partial charge in [-0.3, -0.25) is 4.79 Å². The minimum atomic E-state index is -4.53. The molecule has 2 atom stereocenters. The summed E-state index contributed by atoms with van der Waals surface area (Å²) in [6.07, 6.45) is 1.49. The van der Waals surface area contributed by atoms with Gasteiger partial charge in [0.05, 0.1) is 17.2 Å². The molecule has 1 N–H and O–H groups in total. The number of nitrogens with zero attached hydrogens (tertiary/aromatic N) is 5. The molecule has 178 valence electrons. The summed E-state index contributed by atoms with van der Waals surface area (Å²) in [4.78, 5) is 30.9. The average molecular weight is 474 g/mol. The van der Waals surface area contributed by atoms with E-state index in [-0.39, 0.29) is 35.8 Å². The second-order valence-electron chi connectivity index (χ2n) is 8.09. The van der Waals surface area contributed by atoms with Crippen molar-refractivity contribution < 1.29 is 22.4 Å². The van der Waals surface area contributed by atoms with Crippen molar-refractivity contribution in [1.29, 1.82) is 0 Å². The van der Waals surface area contributed by atoms with Crippen LogP contribution in [-0.2, 0) is 6.18 Å². The Hall–Kier alpha value is -3.63. The fourth-order valence-corrected chi connectivity index (χ4v) is 4.08. The fraction of sp³-hybridized carbons (Fsp3) is 0.348.